The maximum Gasteiger partial charge on any atom is 0.508 e. The van der Waals surface area contributed by atoms with Gasteiger partial charge in [0.05, 0.1) is 0 Å². The molecule has 2 saturated carbocycles. The highest BCUT2D eigenvalue weighted by atomic mass is 35.5. The smallest absolute Gasteiger partial charge is 0.431 e. The van der Waals surface area contributed by atoms with E-state index >= 15 is 0 Å². The van der Waals surface area contributed by atoms with E-state index in [4.69, 9.17) is 32.7 Å². The molecule has 2 rings (SSSR count). The molecule has 6 atom stereocenters. The fourth-order valence-electron chi connectivity index (χ4n) is 4.71. The zero-order chi connectivity index (χ0) is 19.7. The Morgan fingerprint density at radius 1 is 0.846 bits per heavy atom. The van der Waals surface area contributed by atoms with Crippen LogP contribution in [0.25, 0.3) is 0 Å². The molecule has 0 aromatic rings. The molecular formula is C21H36Cl2O3. The first kappa shape index (κ1) is 22.1. The van der Waals surface area contributed by atoms with Crippen LogP contribution in [0, 0.1) is 23.7 Å². The third-order valence-electron chi connectivity index (χ3n) is 6.41. The van der Waals surface area contributed by atoms with E-state index in [0.717, 1.165) is 25.7 Å². The molecule has 2 aliphatic rings. The molecule has 0 heterocycles. The van der Waals surface area contributed by atoms with Gasteiger partial charge in [-0.3, -0.25) is 0 Å². The molecule has 5 heteroatoms. The van der Waals surface area contributed by atoms with Crippen LogP contribution < -0.4 is 0 Å². The number of halogens is 2. The second kappa shape index (κ2) is 8.47. The van der Waals surface area contributed by atoms with Crippen molar-refractivity contribution >= 4 is 29.4 Å². The van der Waals surface area contributed by atoms with Crippen molar-refractivity contribution in [3.8, 4) is 0 Å². The Hall–Kier alpha value is -0.150. The van der Waals surface area contributed by atoms with E-state index in [1.54, 1.807) is 0 Å². The van der Waals surface area contributed by atoms with E-state index in [9.17, 15) is 4.79 Å². The van der Waals surface area contributed by atoms with Crippen molar-refractivity contribution in [2.45, 2.75) is 102 Å². The Kier molecular flexibility index (Phi) is 7.21. The number of alkyl halides is 2. The summed E-state index contributed by atoms with van der Waals surface area (Å²) in [5.41, 5.74) is 0. The first-order chi connectivity index (χ1) is 11.9. The summed E-state index contributed by atoms with van der Waals surface area (Å²) < 4.78 is 11.6. The predicted molar refractivity (Wildman–Crippen MR) is 108 cm³/mol. The molecule has 0 saturated heterocycles. The number of hydrogen-bond acceptors (Lipinski definition) is 3. The van der Waals surface area contributed by atoms with Crippen molar-refractivity contribution in [3.63, 3.8) is 0 Å². The lowest BCUT2D eigenvalue weighted by atomic mass is 9.75. The molecule has 0 bridgehead atoms. The van der Waals surface area contributed by atoms with E-state index in [2.05, 4.69) is 27.7 Å². The van der Waals surface area contributed by atoms with E-state index < -0.39 is 6.16 Å². The van der Waals surface area contributed by atoms with Gasteiger partial charge in [0.25, 0.3) is 0 Å². The number of hydrogen-bond donors (Lipinski definition) is 0. The highest BCUT2D eigenvalue weighted by molar-refractivity contribution is 6.24. The zero-order valence-corrected chi connectivity index (χ0v) is 18.7. The summed E-state index contributed by atoms with van der Waals surface area (Å²) in [6.07, 6.45) is 4.31. The second-order valence-electron chi connectivity index (χ2n) is 9.69. The lowest BCUT2D eigenvalue weighted by Gasteiger charge is -2.42. The van der Waals surface area contributed by atoms with Crippen LogP contribution in [0.5, 0.6) is 0 Å². The summed E-state index contributed by atoms with van der Waals surface area (Å²) in [6, 6.07) is 0. The molecule has 0 N–H and O–H groups in total. The Bertz CT molecular complexity index is 446. The van der Waals surface area contributed by atoms with Gasteiger partial charge in [0.2, 0.25) is 0 Å². The zero-order valence-electron chi connectivity index (χ0n) is 17.2. The molecule has 0 amide bonds. The van der Waals surface area contributed by atoms with Crippen LogP contribution in [-0.2, 0) is 9.47 Å². The van der Waals surface area contributed by atoms with Crippen LogP contribution in [0.15, 0.2) is 0 Å². The lowest BCUT2D eigenvalue weighted by Crippen LogP contribution is -2.44. The maximum atomic E-state index is 12.6. The van der Waals surface area contributed by atoms with E-state index in [-0.39, 0.29) is 22.0 Å². The predicted octanol–water partition coefficient (Wildman–Crippen LogP) is 6.78. The Labute approximate surface area is 169 Å². The number of ether oxygens (including phenoxy) is 2. The average molecular weight is 407 g/mol. The molecule has 0 aromatic carbocycles. The second-order valence-corrected chi connectivity index (χ2v) is 11.5. The van der Waals surface area contributed by atoms with Gasteiger partial charge in [-0.2, -0.15) is 0 Å². The van der Waals surface area contributed by atoms with Crippen molar-refractivity contribution < 1.29 is 14.3 Å². The molecule has 3 nitrogen and oxygen atoms in total. The van der Waals surface area contributed by atoms with Gasteiger partial charge in [-0.05, 0) is 63.2 Å². The molecule has 2 fully saturated rings. The third kappa shape index (κ3) is 5.92. The summed E-state index contributed by atoms with van der Waals surface area (Å²) in [5, 5.41) is 0. The number of rotatable bonds is 4. The monoisotopic (exact) mass is 406 g/mol. The van der Waals surface area contributed by atoms with Gasteiger partial charge < -0.3 is 9.47 Å². The van der Waals surface area contributed by atoms with Crippen LogP contribution >= 0.6 is 23.2 Å². The fourth-order valence-corrected chi connectivity index (χ4v) is 5.23. The van der Waals surface area contributed by atoms with E-state index in [0.29, 0.717) is 36.5 Å². The van der Waals surface area contributed by atoms with Gasteiger partial charge in [0, 0.05) is 22.6 Å². The Morgan fingerprint density at radius 3 is 1.50 bits per heavy atom. The van der Waals surface area contributed by atoms with Crippen molar-refractivity contribution in [1.29, 1.82) is 0 Å². The largest absolute Gasteiger partial charge is 0.508 e. The third-order valence-corrected chi connectivity index (χ3v) is 7.10. The minimum absolute atomic E-state index is 0.178. The molecule has 26 heavy (non-hydrogen) atoms. The molecule has 152 valence electrons. The van der Waals surface area contributed by atoms with E-state index in [1.165, 1.54) is 0 Å². The van der Waals surface area contributed by atoms with Crippen molar-refractivity contribution in [1.82, 2.24) is 0 Å². The summed E-state index contributed by atoms with van der Waals surface area (Å²) in [6.45, 7) is 12.8. The molecule has 0 spiro atoms. The summed E-state index contributed by atoms with van der Waals surface area (Å²) in [4.78, 5) is 12.0. The topological polar surface area (TPSA) is 35.5 Å². The van der Waals surface area contributed by atoms with Crippen LogP contribution in [0.3, 0.4) is 0 Å². The lowest BCUT2D eigenvalue weighted by molar-refractivity contribution is -0.0663. The number of carbonyl (C=O) groups is 1. The van der Waals surface area contributed by atoms with Gasteiger partial charge in [-0.15, -0.1) is 23.2 Å². The first-order valence-corrected chi connectivity index (χ1v) is 10.9. The van der Waals surface area contributed by atoms with Crippen molar-refractivity contribution in [2.75, 3.05) is 0 Å². The van der Waals surface area contributed by atoms with Gasteiger partial charge in [0.15, 0.2) is 0 Å². The van der Waals surface area contributed by atoms with Gasteiger partial charge in [-0.1, -0.05) is 27.7 Å². The minimum atomic E-state index is -0.556. The first-order valence-electron chi connectivity index (χ1n) is 10.2. The molecule has 0 radical (unpaired) electrons. The SMILES string of the molecule is CC(C)C1CCC(C)(Cl)CC1OC(=O)OC1CC(C)(Cl)CCC1C(C)C. The molecular weight excluding hydrogens is 371 g/mol. The molecule has 2 aliphatic carbocycles. The summed E-state index contributed by atoms with van der Waals surface area (Å²) in [5.74, 6) is 1.56. The summed E-state index contributed by atoms with van der Waals surface area (Å²) in [7, 11) is 0. The maximum absolute atomic E-state index is 12.6. The van der Waals surface area contributed by atoms with Crippen LogP contribution in [0.4, 0.5) is 4.79 Å². The summed E-state index contributed by atoms with van der Waals surface area (Å²) >= 11 is 13.1. The molecule has 6 unspecified atom stereocenters. The Morgan fingerprint density at radius 2 is 1.19 bits per heavy atom. The van der Waals surface area contributed by atoms with Crippen LogP contribution in [0.1, 0.15) is 80.1 Å². The minimum Gasteiger partial charge on any atom is -0.431 e. The van der Waals surface area contributed by atoms with Crippen molar-refractivity contribution in [2.24, 2.45) is 23.7 Å². The van der Waals surface area contributed by atoms with Gasteiger partial charge >= 0.3 is 6.16 Å². The highest BCUT2D eigenvalue weighted by Gasteiger charge is 2.43. The normalized spacial score (nSPS) is 41.3. The van der Waals surface area contributed by atoms with Gasteiger partial charge in [0.1, 0.15) is 12.2 Å². The quantitative estimate of drug-likeness (QED) is 0.380. The standard InChI is InChI=1S/C21H36Cl2O3/c1-13(2)15-7-9-20(5,22)11-17(15)25-19(24)26-18-12-21(6,23)10-8-16(18)14(3)4/h13-18H,7-12H2,1-6H3. The average Bonchev–Trinajstić information content (AvgIpc) is 2.44. The molecule has 0 aliphatic heterocycles. The van der Waals surface area contributed by atoms with Gasteiger partial charge in [-0.25, -0.2) is 4.79 Å². The Balaban J connectivity index is 2.02. The van der Waals surface area contributed by atoms with E-state index in [1.807, 2.05) is 13.8 Å². The molecule has 0 aromatic heterocycles. The van der Waals surface area contributed by atoms with Crippen molar-refractivity contribution in [3.05, 3.63) is 0 Å². The highest BCUT2D eigenvalue weighted by Crippen LogP contribution is 2.43. The fraction of sp³-hybridized carbons (Fsp3) is 0.952. The van der Waals surface area contributed by atoms with Crippen LogP contribution in [0.2, 0.25) is 0 Å². The van der Waals surface area contributed by atoms with Crippen LogP contribution in [-0.4, -0.2) is 28.1 Å². The number of carbonyl (C=O) groups excluding carboxylic acids is 1.